The molecule has 0 aromatic carbocycles. The average Bonchev–Trinajstić information content (AvgIpc) is 2.48. The molecule has 1 unspecified atom stereocenters. The second kappa shape index (κ2) is 3.90. The van der Waals surface area contributed by atoms with Crippen molar-refractivity contribution in [2.24, 2.45) is 11.8 Å². The van der Waals surface area contributed by atoms with Gasteiger partial charge in [0.05, 0.1) is 19.1 Å². The molecule has 0 bridgehead atoms. The number of ether oxygens (including phenoxy) is 1. The smallest absolute Gasteiger partial charge is 0.308 e. The van der Waals surface area contributed by atoms with Crippen LogP contribution in [0.2, 0.25) is 0 Å². The van der Waals surface area contributed by atoms with Gasteiger partial charge in [0.1, 0.15) is 0 Å². The maximum atomic E-state index is 11.1. The molecule has 70 valence electrons. The Balaban J connectivity index is 2.51. The van der Waals surface area contributed by atoms with Gasteiger partial charge >= 0.3 is 5.97 Å². The van der Waals surface area contributed by atoms with Gasteiger partial charge in [-0.1, -0.05) is 13.3 Å². The lowest BCUT2D eigenvalue weighted by atomic mass is 9.91. The molecule has 1 rings (SSSR count). The van der Waals surface area contributed by atoms with Crippen LogP contribution in [0, 0.1) is 11.8 Å². The van der Waals surface area contributed by atoms with Gasteiger partial charge in [0.2, 0.25) is 0 Å². The number of carbonyl (C=O) groups excluding carboxylic acids is 1. The Morgan fingerprint density at radius 2 is 2.25 bits per heavy atom. The van der Waals surface area contributed by atoms with Gasteiger partial charge in [-0.15, -0.1) is 0 Å². The average molecular weight is 172 g/mol. The summed E-state index contributed by atoms with van der Waals surface area (Å²) in [6.07, 6.45) is 2.48. The van der Waals surface area contributed by atoms with Crippen molar-refractivity contribution in [1.82, 2.24) is 0 Å². The van der Waals surface area contributed by atoms with Gasteiger partial charge in [-0.2, -0.15) is 0 Å². The van der Waals surface area contributed by atoms with Crippen LogP contribution in [0.4, 0.5) is 0 Å². The minimum Gasteiger partial charge on any atom is -0.469 e. The normalized spacial score (nSPS) is 31.6. The summed E-state index contributed by atoms with van der Waals surface area (Å²) in [5, 5.41) is 9.50. The molecule has 3 heteroatoms. The van der Waals surface area contributed by atoms with Crippen LogP contribution < -0.4 is 0 Å². The summed E-state index contributed by atoms with van der Waals surface area (Å²) in [4.78, 5) is 11.1. The molecular formula is C9H16O3. The Morgan fingerprint density at radius 1 is 1.58 bits per heavy atom. The van der Waals surface area contributed by atoms with Crippen molar-refractivity contribution >= 4 is 5.97 Å². The molecule has 12 heavy (non-hydrogen) atoms. The van der Waals surface area contributed by atoms with Gasteiger partial charge in [-0.05, 0) is 18.8 Å². The first-order valence-corrected chi connectivity index (χ1v) is 4.42. The third-order valence-corrected chi connectivity index (χ3v) is 2.75. The van der Waals surface area contributed by atoms with Crippen molar-refractivity contribution in [2.75, 3.05) is 7.11 Å². The molecular weight excluding hydrogens is 156 g/mol. The van der Waals surface area contributed by atoms with Crippen molar-refractivity contribution in [3.63, 3.8) is 0 Å². The van der Waals surface area contributed by atoms with Gasteiger partial charge < -0.3 is 9.84 Å². The highest BCUT2D eigenvalue weighted by molar-refractivity contribution is 5.72. The van der Waals surface area contributed by atoms with E-state index < -0.39 is 0 Å². The molecule has 3 nitrogen and oxygen atoms in total. The van der Waals surface area contributed by atoms with Crippen LogP contribution in [0.25, 0.3) is 0 Å². The van der Waals surface area contributed by atoms with Crippen LogP contribution in [-0.4, -0.2) is 24.3 Å². The van der Waals surface area contributed by atoms with Gasteiger partial charge in [-0.25, -0.2) is 0 Å². The zero-order valence-electron chi connectivity index (χ0n) is 7.62. The lowest BCUT2D eigenvalue weighted by molar-refractivity contribution is -0.147. The molecule has 0 heterocycles. The number of aliphatic hydroxyl groups is 1. The van der Waals surface area contributed by atoms with E-state index in [4.69, 9.17) is 0 Å². The van der Waals surface area contributed by atoms with E-state index in [2.05, 4.69) is 4.74 Å². The van der Waals surface area contributed by atoms with Crippen LogP contribution in [0.1, 0.15) is 26.2 Å². The maximum Gasteiger partial charge on any atom is 0.308 e. The molecule has 1 saturated carbocycles. The summed E-state index contributed by atoms with van der Waals surface area (Å²) in [6, 6.07) is 0. The van der Waals surface area contributed by atoms with E-state index in [0.29, 0.717) is 0 Å². The maximum absolute atomic E-state index is 11.1. The Labute approximate surface area is 72.7 Å². The third kappa shape index (κ3) is 1.78. The Morgan fingerprint density at radius 3 is 2.67 bits per heavy atom. The van der Waals surface area contributed by atoms with Gasteiger partial charge in [0.15, 0.2) is 0 Å². The number of aliphatic hydroxyl groups excluding tert-OH is 1. The largest absolute Gasteiger partial charge is 0.469 e. The quantitative estimate of drug-likeness (QED) is 0.631. The zero-order valence-corrected chi connectivity index (χ0v) is 7.62. The van der Waals surface area contributed by atoms with E-state index in [1.807, 2.05) is 6.92 Å². The lowest BCUT2D eigenvalue weighted by Crippen LogP contribution is -2.27. The Hall–Kier alpha value is -0.570. The van der Waals surface area contributed by atoms with E-state index in [1.54, 1.807) is 0 Å². The topological polar surface area (TPSA) is 46.5 Å². The highest BCUT2D eigenvalue weighted by Gasteiger charge is 2.34. The van der Waals surface area contributed by atoms with Crippen molar-refractivity contribution in [3.8, 4) is 0 Å². The number of hydrogen-bond acceptors (Lipinski definition) is 3. The molecule has 0 aromatic rings. The van der Waals surface area contributed by atoms with E-state index in [1.165, 1.54) is 7.11 Å². The number of methoxy groups -OCH3 is 1. The van der Waals surface area contributed by atoms with Crippen LogP contribution >= 0.6 is 0 Å². The van der Waals surface area contributed by atoms with Gasteiger partial charge in [-0.3, -0.25) is 4.79 Å². The first kappa shape index (κ1) is 9.52. The van der Waals surface area contributed by atoms with E-state index in [9.17, 15) is 9.90 Å². The fraction of sp³-hybridized carbons (Fsp3) is 0.889. The molecule has 1 aliphatic rings. The molecule has 0 aliphatic heterocycles. The van der Waals surface area contributed by atoms with Crippen molar-refractivity contribution < 1.29 is 14.6 Å². The molecule has 0 saturated heterocycles. The van der Waals surface area contributed by atoms with Gasteiger partial charge in [0, 0.05) is 0 Å². The number of carbonyl (C=O) groups is 1. The molecule has 0 aromatic heterocycles. The summed E-state index contributed by atoms with van der Waals surface area (Å²) in [6.45, 7) is 1.82. The monoisotopic (exact) mass is 172 g/mol. The summed E-state index contributed by atoms with van der Waals surface area (Å²) < 4.78 is 4.62. The van der Waals surface area contributed by atoms with Crippen molar-refractivity contribution in [3.05, 3.63) is 0 Å². The SMILES string of the molecule is COC(=O)C(C)[C@@H]1CCC[C@@H]1O. The third-order valence-electron chi connectivity index (χ3n) is 2.75. The Kier molecular flexibility index (Phi) is 3.09. The van der Waals surface area contributed by atoms with Crippen molar-refractivity contribution in [1.29, 1.82) is 0 Å². The fourth-order valence-corrected chi connectivity index (χ4v) is 1.91. The van der Waals surface area contributed by atoms with E-state index in [0.717, 1.165) is 19.3 Å². The minimum absolute atomic E-state index is 0.109. The van der Waals surface area contributed by atoms with Crippen LogP contribution in [-0.2, 0) is 9.53 Å². The van der Waals surface area contributed by atoms with E-state index in [-0.39, 0.29) is 23.9 Å². The first-order valence-electron chi connectivity index (χ1n) is 4.42. The fourth-order valence-electron chi connectivity index (χ4n) is 1.91. The summed E-state index contributed by atoms with van der Waals surface area (Å²) >= 11 is 0. The van der Waals surface area contributed by atoms with E-state index >= 15 is 0 Å². The molecule has 1 fully saturated rings. The lowest BCUT2D eigenvalue weighted by Gasteiger charge is -2.19. The summed E-state index contributed by atoms with van der Waals surface area (Å²) in [5.41, 5.74) is 0. The highest BCUT2D eigenvalue weighted by Crippen LogP contribution is 2.32. The summed E-state index contributed by atoms with van der Waals surface area (Å²) in [5.74, 6) is -0.258. The first-order chi connectivity index (χ1) is 5.66. The molecule has 0 spiro atoms. The van der Waals surface area contributed by atoms with Gasteiger partial charge in [0.25, 0.3) is 0 Å². The Bertz CT molecular complexity index is 167. The number of esters is 1. The minimum atomic E-state index is -0.306. The predicted octanol–water partition coefficient (Wildman–Crippen LogP) is 0.956. The molecule has 0 amide bonds. The molecule has 1 N–H and O–H groups in total. The standard InChI is InChI=1S/C9H16O3/c1-6(9(11)12-2)7-4-3-5-8(7)10/h6-8,10H,3-5H2,1-2H3/t6?,7-,8-/m0/s1. The molecule has 0 radical (unpaired) electrons. The number of rotatable bonds is 2. The van der Waals surface area contributed by atoms with Crippen LogP contribution in [0.3, 0.4) is 0 Å². The van der Waals surface area contributed by atoms with Crippen LogP contribution in [0.5, 0.6) is 0 Å². The molecule has 3 atom stereocenters. The predicted molar refractivity (Wildman–Crippen MR) is 44.5 cm³/mol. The zero-order chi connectivity index (χ0) is 9.14. The van der Waals surface area contributed by atoms with Crippen molar-refractivity contribution in [2.45, 2.75) is 32.3 Å². The van der Waals surface area contributed by atoms with Crippen LogP contribution in [0.15, 0.2) is 0 Å². The second-order valence-electron chi connectivity index (χ2n) is 3.47. The number of hydrogen-bond donors (Lipinski definition) is 1. The molecule has 1 aliphatic carbocycles. The second-order valence-corrected chi connectivity index (χ2v) is 3.47. The summed E-state index contributed by atoms with van der Waals surface area (Å²) in [7, 11) is 1.39. The highest BCUT2D eigenvalue weighted by atomic mass is 16.5.